The predicted molar refractivity (Wildman–Crippen MR) is 70.4 cm³/mol. The average molecular weight is 248 g/mol. The molecule has 0 aliphatic carbocycles. The first-order valence-corrected chi connectivity index (χ1v) is 6.57. The lowest BCUT2D eigenvalue weighted by molar-refractivity contribution is 0.0715. The molecule has 1 aliphatic heterocycles. The van der Waals surface area contributed by atoms with Crippen LogP contribution in [0.4, 0.5) is 0 Å². The Kier molecular flexibility index (Phi) is 3.90. The summed E-state index contributed by atoms with van der Waals surface area (Å²) in [5, 5.41) is 0. The molecule has 1 aromatic rings. The number of carbonyl (C=O) groups is 1. The number of ketones is 1. The summed E-state index contributed by atoms with van der Waals surface area (Å²) in [6.07, 6.45) is 2.58. The van der Waals surface area contributed by atoms with Crippen LogP contribution in [0.5, 0.6) is 11.5 Å². The van der Waals surface area contributed by atoms with E-state index in [0.717, 1.165) is 12.8 Å². The summed E-state index contributed by atoms with van der Waals surface area (Å²) >= 11 is 0. The molecule has 0 saturated carbocycles. The van der Waals surface area contributed by atoms with Gasteiger partial charge in [0.15, 0.2) is 5.78 Å². The SMILES string of the molecule is CCC(CC)C1CC(=O)c2cc(OC)ccc2O1. The van der Waals surface area contributed by atoms with Crippen molar-refractivity contribution in [2.24, 2.45) is 5.92 Å². The van der Waals surface area contributed by atoms with Crippen molar-refractivity contribution in [2.45, 2.75) is 39.2 Å². The fraction of sp³-hybridized carbons (Fsp3) is 0.533. The molecule has 0 spiro atoms. The molecule has 0 fully saturated rings. The topological polar surface area (TPSA) is 35.5 Å². The molecule has 1 atom stereocenters. The summed E-state index contributed by atoms with van der Waals surface area (Å²) in [4.78, 5) is 12.2. The molecule has 3 heteroatoms. The van der Waals surface area contributed by atoms with Gasteiger partial charge in [-0.3, -0.25) is 4.79 Å². The van der Waals surface area contributed by atoms with Crippen LogP contribution in [0.1, 0.15) is 43.5 Å². The van der Waals surface area contributed by atoms with Crippen LogP contribution in [0.3, 0.4) is 0 Å². The Hall–Kier alpha value is -1.51. The number of carbonyl (C=O) groups excluding carboxylic acids is 1. The minimum atomic E-state index is 0.0217. The average Bonchev–Trinajstić information content (AvgIpc) is 2.40. The summed E-state index contributed by atoms with van der Waals surface area (Å²) in [5.74, 6) is 2.01. The van der Waals surface area contributed by atoms with Crippen molar-refractivity contribution in [3.63, 3.8) is 0 Å². The minimum Gasteiger partial charge on any atom is -0.497 e. The molecule has 98 valence electrons. The number of fused-ring (bicyclic) bond motifs is 1. The van der Waals surface area contributed by atoms with Gasteiger partial charge in [0.25, 0.3) is 0 Å². The number of ether oxygens (including phenoxy) is 2. The maximum absolute atomic E-state index is 12.2. The third kappa shape index (κ3) is 2.35. The zero-order valence-corrected chi connectivity index (χ0v) is 11.2. The van der Waals surface area contributed by atoms with Gasteiger partial charge in [-0.2, -0.15) is 0 Å². The van der Waals surface area contributed by atoms with Gasteiger partial charge in [-0.25, -0.2) is 0 Å². The van der Waals surface area contributed by atoms with Crippen molar-refractivity contribution in [3.05, 3.63) is 23.8 Å². The van der Waals surface area contributed by atoms with Crippen molar-refractivity contribution in [1.29, 1.82) is 0 Å². The van der Waals surface area contributed by atoms with Crippen molar-refractivity contribution >= 4 is 5.78 Å². The van der Waals surface area contributed by atoms with Crippen LogP contribution in [0.15, 0.2) is 18.2 Å². The highest BCUT2D eigenvalue weighted by atomic mass is 16.5. The third-order valence-electron chi connectivity index (χ3n) is 3.73. The number of methoxy groups -OCH3 is 1. The fourth-order valence-corrected chi connectivity index (χ4v) is 2.53. The molecule has 1 aromatic carbocycles. The second-order valence-electron chi connectivity index (χ2n) is 4.72. The lowest BCUT2D eigenvalue weighted by Crippen LogP contribution is -2.33. The van der Waals surface area contributed by atoms with E-state index >= 15 is 0 Å². The molecule has 1 heterocycles. The van der Waals surface area contributed by atoms with Gasteiger partial charge >= 0.3 is 0 Å². The van der Waals surface area contributed by atoms with Crippen LogP contribution in [0, 0.1) is 5.92 Å². The van der Waals surface area contributed by atoms with E-state index in [4.69, 9.17) is 9.47 Å². The number of rotatable bonds is 4. The van der Waals surface area contributed by atoms with Gasteiger partial charge in [0.1, 0.15) is 17.6 Å². The van der Waals surface area contributed by atoms with Crippen molar-refractivity contribution in [2.75, 3.05) is 7.11 Å². The number of benzene rings is 1. The molecule has 18 heavy (non-hydrogen) atoms. The molecule has 0 bridgehead atoms. The maximum Gasteiger partial charge on any atom is 0.170 e. The molecule has 0 N–H and O–H groups in total. The van der Waals surface area contributed by atoms with E-state index in [-0.39, 0.29) is 11.9 Å². The molecule has 1 aliphatic rings. The highest BCUT2D eigenvalue weighted by molar-refractivity contribution is 6.00. The Bertz CT molecular complexity index is 435. The quantitative estimate of drug-likeness (QED) is 0.818. The second-order valence-corrected chi connectivity index (χ2v) is 4.72. The molecule has 2 rings (SSSR count). The molecule has 1 unspecified atom stereocenters. The Balaban J connectivity index is 2.26. The van der Waals surface area contributed by atoms with Gasteiger partial charge in [0.2, 0.25) is 0 Å². The van der Waals surface area contributed by atoms with Gasteiger partial charge in [-0.15, -0.1) is 0 Å². The zero-order valence-electron chi connectivity index (χ0n) is 11.2. The van der Waals surface area contributed by atoms with Gasteiger partial charge in [-0.1, -0.05) is 13.8 Å². The number of Topliss-reactive ketones (excluding diaryl/α,β-unsaturated/α-hetero) is 1. The van der Waals surface area contributed by atoms with Gasteiger partial charge in [0.05, 0.1) is 12.7 Å². The van der Waals surface area contributed by atoms with E-state index < -0.39 is 0 Å². The number of hydrogen-bond acceptors (Lipinski definition) is 3. The third-order valence-corrected chi connectivity index (χ3v) is 3.73. The zero-order chi connectivity index (χ0) is 13.1. The normalized spacial score (nSPS) is 18.4. The van der Waals surface area contributed by atoms with E-state index in [1.165, 1.54) is 0 Å². The summed E-state index contributed by atoms with van der Waals surface area (Å²) in [6, 6.07) is 5.43. The van der Waals surface area contributed by atoms with Gasteiger partial charge in [-0.05, 0) is 37.0 Å². The van der Waals surface area contributed by atoms with Gasteiger partial charge < -0.3 is 9.47 Å². The lowest BCUT2D eigenvalue weighted by Gasteiger charge is -2.30. The van der Waals surface area contributed by atoms with E-state index in [9.17, 15) is 4.79 Å². The molecular weight excluding hydrogens is 228 g/mol. The van der Waals surface area contributed by atoms with Crippen LogP contribution in [0.25, 0.3) is 0 Å². The summed E-state index contributed by atoms with van der Waals surface area (Å²) in [5.41, 5.74) is 0.650. The monoisotopic (exact) mass is 248 g/mol. The minimum absolute atomic E-state index is 0.0217. The summed E-state index contributed by atoms with van der Waals surface area (Å²) in [6.45, 7) is 4.29. The standard InChI is InChI=1S/C15H20O3/c1-4-10(5-2)15-9-13(16)12-8-11(17-3)6-7-14(12)18-15/h6-8,10,15H,4-5,9H2,1-3H3. The van der Waals surface area contributed by atoms with Crippen molar-refractivity contribution in [3.8, 4) is 11.5 Å². The highest BCUT2D eigenvalue weighted by Gasteiger charge is 2.30. The van der Waals surface area contributed by atoms with Crippen LogP contribution in [-0.2, 0) is 0 Å². The Morgan fingerprint density at radius 1 is 1.39 bits per heavy atom. The second kappa shape index (κ2) is 5.42. The van der Waals surface area contributed by atoms with Crippen LogP contribution >= 0.6 is 0 Å². The molecular formula is C15H20O3. The Morgan fingerprint density at radius 2 is 2.11 bits per heavy atom. The van der Waals surface area contributed by atoms with E-state index in [2.05, 4.69) is 13.8 Å². The first-order valence-electron chi connectivity index (χ1n) is 6.57. The lowest BCUT2D eigenvalue weighted by atomic mass is 9.89. The van der Waals surface area contributed by atoms with E-state index in [0.29, 0.717) is 29.4 Å². The summed E-state index contributed by atoms with van der Waals surface area (Å²) < 4.78 is 11.1. The maximum atomic E-state index is 12.2. The predicted octanol–water partition coefficient (Wildman–Crippen LogP) is 3.47. The Morgan fingerprint density at radius 3 is 2.72 bits per heavy atom. The first kappa shape index (κ1) is 12.9. The van der Waals surface area contributed by atoms with Crippen molar-refractivity contribution in [1.82, 2.24) is 0 Å². The van der Waals surface area contributed by atoms with E-state index in [1.807, 2.05) is 12.1 Å². The van der Waals surface area contributed by atoms with Crippen LogP contribution in [-0.4, -0.2) is 19.0 Å². The van der Waals surface area contributed by atoms with Crippen LogP contribution in [0.2, 0.25) is 0 Å². The smallest absolute Gasteiger partial charge is 0.170 e. The molecule has 0 saturated heterocycles. The Labute approximate surface area is 108 Å². The first-order chi connectivity index (χ1) is 8.69. The number of hydrogen-bond donors (Lipinski definition) is 0. The van der Waals surface area contributed by atoms with Crippen LogP contribution < -0.4 is 9.47 Å². The molecule has 0 aromatic heterocycles. The summed E-state index contributed by atoms with van der Waals surface area (Å²) in [7, 11) is 1.60. The van der Waals surface area contributed by atoms with Gasteiger partial charge in [0, 0.05) is 6.42 Å². The highest BCUT2D eigenvalue weighted by Crippen LogP contribution is 2.34. The largest absolute Gasteiger partial charge is 0.497 e. The molecule has 3 nitrogen and oxygen atoms in total. The molecule has 0 radical (unpaired) electrons. The van der Waals surface area contributed by atoms with Crippen molar-refractivity contribution < 1.29 is 14.3 Å². The van der Waals surface area contributed by atoms with E-state index in [1.54, 1.807) is 13.2 Å². The molecule has 0 amide bonds. The fourth-order valence-electron chi connectivity index (χ4n) is 2.53.